The fourth-order valence-electron chi connectivity index (χ4n) is 1.38. The Labute approximate surface area is 90.1 Å². The number of carbonyl (C=O) groups is 1. The van der Waals surface area contributed by atoms with Crippen LogP contribution in [0.15, 0.2) is 0 Å². The molecule has 0 saturated heterocycles. The molecular formula is C9H20NO4P. The van der Waals surface area contributed by atoms with Crippen LogP contribution in [0.25, 0.3) is 0 Å². The molecule has 0 fully saturated rings. The number of aliphatic carboxylic acids is 1. The lowest BCUT2D eigenvalue weighted by molar-refractivity contribution is -0.137. The fraction of sp³-hybridized carbons (Fsp3) is 0.889. The quantitative estimate of drug-likeness (QED) is 0.549. The van der Waals surface area contributed by atoms with Crippen LogP contribution >= 0.6 is 7.37 Å². The lowest BCUT2D eigenvalue weighted by Gasteiger charge is -2.15. The maximum atomic E-state index is 11.6. The Morgan fingerprint density at radius 3 is 2.60 bits per heavy atom. The van der Waals surface area contributed by atoms with Crippen LogP contribution < -0.4 is 5.73 Å². The Hall–Kier alpha value is -0.380. The van der Waals surface area contributed by atoms with Crippen LogP contribution in [0.4, 0.5) is 0 Å². The van der Waals surface area contributed by atoms with E-state index in [0.29, 0.717) is 19.4 Å². The van der Waals surface area contributed by atoms with Gasteiger partial charge < -0.3 is 15.7 Å². The first-order valence-electron chi connectivity index (χ1n) is 5.10. The van der Waals surface area contributed by atoms with Crippen LogP contribution in [0, 0.1) is 5.92 Å². The lowest BCUT2D eigenvalue weighted by Crippen LogP contribution is -2.09. The van der Waals surface area contributed by atoms with E-state index in [9.17, 15) is 14.3 Å². The Bertz CT molecular complexity index is 244. The second kappa shape index (κ2) is 6.99. The summed E-state index contributed by atoms with van der Waals surface area (Å²) in [7, 11) is -3.10. The van der Waals surface area contributed by atoms with Crippen LogP contribution in [0.1, 0.15) is 26.2 Å². The average molecular weight is 237 g/mol. The minimum absolute atomic E-state index is 0.0327. The molecule has 0 radical (unpaired) electrons. The minimum Gasteiger partial charge on any atom is -0.481 e. The van der Waals surface area contributed by atoms with Gasteiger partial charge in [-0.15, -0.1) is 0 Å². The first-order chi connectivity index (χ1) is 6.87. The first-order valence-corrected chi connectivity index (χ1v) is 7.13. The predicted molar refractivity (Wildman–Crippen MR) is 59.3 cm³/mol. The van der Waals surface area contributed by atoms with Gasteiger partial charge in [-0.05, 0) is 25.3 Å². The molecule has 5 nitrogen and oxygen atoms in total. The topological polar surface area (TPSA) is 101 Å². The van der Waals surface area contributed by atoms with Gasteiger partial charge in [0.15, 0.2) is 0 Å². The summed E-state index contributed by atoms with van der Waals surface area (Å²) in [6, 6.07) is 0. The Morgan fingerprint density at radius 2 is 2.13 bits per heavy atom. The molecule has 0 spiro atoms. The van der Waals surface area contributed by atoms with Gasteiger partial charge >= 0.3 is 5.97 Å². The molecule has 0 saturated carbocycles. The van der Waals surface area contributed by atoms with Gasteiger partial charge in [-0.3, -0.25) is 9.36 Å². The van der Waals surface area contributed by atoms with Crippen LogP contribution in [-0.4, -0.2) is 34.8 Å². The summed E-state index contributed by atoms with van der Waals surface area (Å²) in [6.07, 6.45) is 1.47. The molecule has 90 valence electrons. The van der Waals surface area contributed by atoms with E-state index in [1.54, 1.807) is 6.92 Å². The molecule has 0 aliphatic heterocycles. The molecule has 0 bridgehead atoms. The van der Waals surface area contributed by atoms with Crippen molar-refractivity contribution in [2.24, 2.45) is 11.7 Å². The van der Waals surface area contributed by atoms with Crippen molar-refractivity contribution in [3.63, 3.8) is 0 Å². The SMILES string of the molecule is CC(CCC(=O)O)CP(=O)(O)CCCN. The van der Waals surface area contributed by atoms with Crippen molar-refractivity contribution in [2.75, 3.05) is 18.9 Å². The van der Waals surface area contributed by atoms with E-state index in [4.69, 9.17) is 10.8 Å². The van der Waals surface area contributed by atoms with Crippen LogP contribution in [0.3, 0.4) is 0 Å². The molecule has 6 heteroatoms. The summed E-state index contributed by atoms with van der Waals surface area (Å²) in [5.41, 5.74) is 5.25. The third-order valence-corrected chi connectivity index (χ3v) is 4.37. The molecule has 4 N–H and O–H groups in total. The number of hydrogen-bond donors (Lipinski definition) is 3. The fourth-order valence-corrected chi connectivity index (χ4v) is 3.39. The lowest BCUT2D eigenvalue weighted by atomic mass is 10.1. The van der Waals surface area contributed by atoms with Gasteiger partial charge in [-0.2, -0.15) is 0 Å². The highest BCUT2D eigenvalue weighted by atomic mass is 31.2. The molecule has 2 unspecified atom stereocenters. The predicted octanol–water partition coefficient (Wildman–Crippen LogP) is 1.11. The van der Waals surface area contributed by atoms with Crippen molar-refractivity contribution < 1.29 is 19.4 Å². The second-order valence-electron chi connectivity index (χ2n) is 3.93. The highest BCUT2D eigenvalue weighted by Crippen LogP contribution is 2.43. The summed E-state index contributed by atoms with van der Waals surface area (Å²) >= 11 is 0. The van der Waals surface area contributed by atoms with Crippen molar-refractivity contribution in [3.05, 3.63) is 0 Å². The van der Waals surface area contributed by atoms with Crippen LogP contribution in [-0.2, 0) is 9.36 Å². The zero-order chi connectivity index (χ0) is 11.9. The molecule has 0 aliphatic carbocycles. The third-order valence-electron chi connectivity index (χ3n) is 2.16. The van der Waals surface area contributed by atoms with Crippen LogP contribution in [0.5, 0.6) is 0 Å². The number of hydrogen-bond acceptors (Lipinski definition) is 3. The number of rotatable bonds is 8. The summed E-state index contributed by atoms with van der Waals surface area (Å²) < 4.78 is 11.6. The van der Waals surface area contributed by atoms with E-state index in [1.165, 1.54) is 0 Å². The van der Waals surface area contributed by atoms with Gasteiger partial charge in [-0.1, -0.05) is 6.92 Å². The molecule has 0 amide bonds. The van der Waals surface area contributed by atoms with Gasteiger partial charge in [-0.25, -0.2) is 0 Å². The maximum absolute atomic E-state index is 11.6. The summed E-state index contributed by atoms with van der Waals surface area (Å²) in [5, 5.41) is 8.45. The third kappa shape index (κ3) is 8.60. The normalized spacial score (nSPS) is 17.0. The zero-order valence-electron chi connectivity index (χ0n) is 9.06. The van der Waals surface area contributed by atoms with E-state index in [-0.39, 0.29) is 24.7 Å². The number of carboxylic acids is 1. The van der Waals surface area contributed by atoms with Gasteiger partial charge in [0.2, 0.25) is 7.37 Å². The molecule has 0 heterocycles. The standard InChI is InChI=1S/C9H20NO4P/c1-8(3-4-9(11)12)7-15(13,14)6-2-5-10/h8H,2-7,10H2,1H3,(H,11,12)(H,13,14). The monoisotopic (exact) mass is 237 g/mol. The van der Waals surface area contributed by atoms with E-state index in [0.717, 1.165) is 0 Å². The van der Waals surface area contributed by atoms with Gasteiger partial charge in [0, 0.05) is 18.7 Å². The van der Waals surface area contributed by atoms with Crippen molar-refractivity contribution in [2.45, 2.75) is 26.2 Å². The Kier molecular flexibility index (Phi) is 6.81. The average Bonchev–Trinajstić information content (AvgIpc) is 2.11. The number of carboxylic acid groups (broad SMARTS) is 1. The van der Waals surface area contributed by atoms with Crippen LogP contribution in [0.2, 0.25) is 0 Å². The highest BCUT2D eigenvalue weighted by molar-refractivity contribution is 7.57. The van der Waals surface area contributed by atoms with Crippen molar-refractivity contribution >= 4 is 13.3 Å². The van der Waals surface area contributed by atoms with E-state index < -0.39 is 13.3 Å². The zero-order valence-corrected chi connectivity index (χ0v) is 9.95. The molecule has 15 heavy (non-hydrogen) atoms. The van der Waals surface area contributed by atoms with Crippen molar-refractivity contribution in [3.8, 4) is 0 Å². The van der Waals surface area contributed by atoms with Crippen molar-refractivity contribution in [1.29, 1.82) is 0 Å². The smallest absolute Gasteiger partial charge is 0.303 e. The Morgan fingerprint density at radius 1 is 1.53 bits per heavy atom. The van der Waals surface area contributed by atoms with Gasteiger partial charge in [0.05, 0.1) is 0 Å². The molecular weight excluding hydrogens is 217 g/mol. The van der Waals surface area contributed by atoms with Gasteiger partial charge in [0.25, 0.3) is 0 Å². The maximum Gasteiger partial charge on any atom is 0.303 e. The van der Waals surface area contributed by atoms with E-state index in [1.807, 2.05) is 0 Å². The highest BCUT2D eigenvalue weighted by Gasteiger charge is 2.21. The molecule has 2 atom stereocenters. The summed E-state index contributed by atoms with van der Waals surface area (Å²) in [5.74, 6) is -0.897. The summed E-state index contributed by atoms with van der Waals surface area (Å²) in [4.78, 5) is 19.8. The Balaban J connectivity index is 3.87. The second-order valence-corrected chi connectivity index (χ2v) is 6.44. The molecule has 0 aromatic rings. The van der Waals surface area contributed by atoms with E-state index in [2.05, 4.69) is 0 Å². The largest absolute Gasteiger partial charge is 0.481 e. The molecule has 0 aliphatic rings. The van der Waals surface area contributed by atoms with Crippen molar-refractivity contribution in [1.82, 2.24) is 0 Å². The van der Waals surface area contributed by atoms with E-state index >= 15 is 0 Å². The first kappa shape index (κ1) is 14.6. The minimum atomic E-state index is -3.10. The molecule has 0 aromatic carbocycles. The number of nitrogens with two attached hydrogens (primary N) is 1. The van der Waals surface area contributed by atoms with Gasteiger partial charge in [0.1, 0.15) is 0 Å². The summed E-state index contributed by atoms with van der Waals surface area (Å²) in [6.45, 7) is 2.21. The molecule has 0 rings (SSSR count). The molecule has 0 aromatic heterocycles.